The number of hydrogen-bond acceptors (Lipinski definition) is 11. The third-order valence-corrected chi connectivity index (χ3v) is 14.2. The number of para-hydroxylation sites is 1. The fraction of sp³-hybridized carbons (Fsp3) is 0.413. The number of rotatable bonds is 14. The lowest BCUT2D eigenvalue weighted by atomic mass is 9.86. The summed E-state index contributed by atoms with van der Waals surface area (Å²) in [6.45, 7) is 8.82. The van der Waals surface area contributed by atoms with Gasteiger partial charge in [-0.15, -0.1) is 0 Å². The lowest BCUT2D eigenvalue weighted by molar-refractivity contribution is -0.136. The number of piperidine rings is 2. The number of benzene rings is 3. The van der Waals surface area contributed by atoms with Gasteiger partial charge < -0.3 is 25.2 Å². The quantitative estimate of drug-likeness (QED) is 0.0648. The summed E-state index contributed by atoms with van der Waals surface area (Å²) in [5.74, 6) is 7.32. The molecule has 1 unspecified atom stereocenters. The summed E-state index contributed by atoms with van der Waals surface area (Å²) < 4.78 is 31.9. The van der Waals surface area contributed by atoms with E-state index in [2.05, 4.69) is 61.7 Å². The van der Waals surface area contributed by atoms with Gasteiger partial charge in [-0.05, 0) is 132 Å². The number of ether oxygens (including phenoxy) is 1. The molecule has 320 valence electrons. The molecule has 7 rings (SSSR count). The van der Waals surface area contributed by atoms with Crippen molar-refractivity contribution in [3.05, 3.63) is 93.6 Å². The molecule has 3 aliphatic heterocycles. The molecule has 3 N–H and O–H groups in total. The molecule has 2 saturated heterocycles. The van der Waals surface area contributed by atoms with Gasteiger partial charge in [-0.3, -0.25) is 19.7 Å². The molecule has 0 radical (unpaired) electrons. The molecule has 4 heterocycles. The summed E-state index contributed by atoms with van der Waals surface area (Å²) in [7, 11) is -1.92. The van der Waals surface area contributed by atoms with E-state index in [1.165, 1.54) is 11.8 Å². The molecule has 15 heteroatoms. The van der Waals surface area contributed by atoms with Crippen molar-refractivity contribution in [2.75, 3.05) is 37.4 Å². The summed E-state index contributed by atoms with van der Waals surface area (Å²) in [4.78, 5) is 50.4. The van der Waals surface area contributed by atoms with Gasteiger partial charge in [0, 0.05) is 30.5 Å². The summed E-state index contributed by atoms with van der Waals surface area (Å²) in [6.07, 6.45) is 8.08. The third kappa shape index (κ3) is 9.85. The van der Waals surface area contributed by atoms with Crippen LogP contribution in [0.4, 0.5) is 23.1 Å². The molecule has 1 aromatic heterocycles. The highest BCUT2D eigenvalue weighted by atomic mass is 35.5. The summed E-state index contributed by atoms with van der Waals surface area (Å²) >= 11 is 6.48. The topological polar surface area (TPSA) is 163 Å². The van der Waals surface area contributed by atoms with Crippen LogP contribution in [-0.4, -0.2) is 83.9 Å². The SMILES string of the molecule is COc1cc(C2CCN(CCCCCC#Cc3cccc4c3CN(C3CCC(=O)NC3=O)C4=O)CC2)c(C)cc1Nc1ncc(Cl)c(Nc2ccccc2S(=O)(=O)C(C)C)n1. The van der Waals surface area contributed by atoms with E-state index in [1.807, 2.05) is 12.1 Å². The van der Waals surface area contributed by atoms with Crippen LogP contribution in [0.25, 0.3) is 0 Å². The smallest absolute Gasteiger partial charge is 0.255 e. The van der Waals surface area contributed by atoms with Crippen LogP contribution >= 0.6 is 11.6 Å². The number of nitrogens with one attached hydrogen (secondary N) is 3. The molecule has 0 saturated carbocycles. The third-order valence-electron chi connectivity index (χ3n) is 11.8. The number of hydrogen-bond donors (Lipinski definition) is 3. The maximum atomic E-state index is 13.1. The first-order valence-corrected chi connectivity index (χ1v) is 22.8. The van der Waals surface area contributed by atoms with Gasteiger partial charge in [0.15, 0.2) is 15.7 Å². The van der Waals surface area contributed by atoms with Gasteiger partial charge in [-0.25, -0.2) is 13.4 Å². The minimum Gasteiger partial charge on any atom is -0.495 e. The van der Waals surface area contributed by atoms with Crippen molar-refractivity contribution in [3.8, 4) is 17.6 Å². The van der Waals surface area contributed by atoms with Gasteiger partial charge >= 0.3 is 0 Å². The molecule has 0 spiro atoms. The summed E-state index contributed by atoms with van der Waals surface area (Å²) in [5.41, 5.74) is 5.75. The van der Waals surface area contributed by atoms with Crippen LogP contribution in [0.5, 0.6) is 5.75 Å². The molecule has 1 atom stereocenters. The average molecular weight is 866 g/mol. The van der Waals surface area contributed by atoms with Crippen molar-refractivity contribution in [1.82, 2.24) is 25.1 Å². The van der Waals surface area contributed by atoms with Gasteiger partial charge in [-0.2, -0.15) is 4.98 Å². The maximum absolute atomic E-state index is 13.1. The Kier molecular flexibility index (Phi) is 13.6. The molecule has 3 aromatic carbocycles. The number of aryl methyl sites for hydroxylation is 1. The Morgan fingerprint density at radius 1 is 0.984 bits per heavy atom. The average Bonchev–Trinajstić information content (AvgIpc) is 3.58. The molecular formula is C46H52ClN7O6S. The number of carbonyl (C=O) groups is 3. The molecule has 13 nitrogen and oxygen atoms in total. The van der Waals surface area contributed by atoms with Gasteiger partial charge in [-0.1, -0.05) is 48.1 Å². The Balaban J connectivity index is 0.883. The van der Waals surface area contributed by atoms with E-state index in [-0.39, 0.29) is 39.9 Å². The Labute approximate surface area is 362 Å². The second-order valence-electron chi connectivity index (χ2n) is 16.1. The van der Waals surface area contributed by atoms with Crippen LogP contribution in [-0.2, 0) is 26.0 Å². The van der Waals surface area contributed by atoms with Crippen LogP contribution < -0.4 is 20.7 Å². The monoisotopic (exact) mass is 865 g/mol. The van der Waals surface area contributed by atoms with Crippen molar-refractivity contribution >= 4 is 62.3 Å². The second kappa shape index (κ2) is 19.1. The van der Waals surface area contributed by atoms with Crippen LogP contribution in [0.3, 0.4) is 0 Å². The largest absolute Gasteiger partial charge is 0.495 e. The number of anilines is 4. The number of sulfone groups is 1. The first-order valence-electron chi connectivity index (χ1n) is 20.9. The minimum absolute atomic E-state index is 0.170. The first kappa shape index (κ1) is 43.6. The zero-order valence-electron chi connectivity index (χ0n) is 35.0. The molecule has 0 bridgehead atoms. The van der Waals surface area contributed by atoms with Gasteiger partial charge in [0.1, 0.15) is 16.8 Å². The van der Waals surface area contributed by atoms with Crippen molar-refractivity contribution in [2.24, 2.45) is 0 Å². The molecule has 3 aliphatic rings. The van der Waals surface area contributed by atoms with E-state index >= 15 is 0 Å². The molecule has 4 aromatic rings. The Bertz CT molecular complexity index is 2490. The Morgan fingerprint density at radius 2 is 1.77 bits per heavy atom. The number of methoxy groups -OCH3 is 1. The first-order chi connectivity index (χ1) is 29.3. The van der Waals surface area contributed by atoms with E-state index in [0.717, 1.165) is 74.8 Å². The molecule has 61 heavy (non-hydrogen) atoms. The van der Waals surface area contributed by atoms with Crippen LogP contribution in [0, 0.1) is 18.8 Å². The van der Waals surface area contributed by atoms with E-state index in [9.17, 15) is 22.8 Å². The molecule has 3 amide bonds. The highest BCUT2D eigenvalue weighted by Gasteiger charge is 2.39. The van der Waals surface area contributed by atoms with Crippen LogP contribution in [0.15, 0.2) is 65.7 Å². The normalized spacial score (nSPS) is 17.2. The van der Waals surface area contributed by atoms with Crippen molar-refractivity contribution in [1.29, 1.82) is 0 Å². The van der Waals surface area contributed by atoms with E-state index in [0.29, 0.717) is 41.6 Å². The second-order valence-corrected chi connectivity index (χ2v) is 19.0. The number of aromatic nitrogens is 2. The fourth-order valence-corrected chi connectivity index (χ4v) is 9.64. The van der Waals surface area contributed by atoms with Gasteiger partial charge in [0.05, 0.1) is 34.8 Å². The predicted molar refractivity (Wildman–Crippen MR) is 236 cm³/mol. The zero-order valence-corrected chi connectivity index (χ0v) is 36.6. The standard InChI is InChI=1S/C46H52ClN7O6S/c1-29(2)61(58,59)41-17-10-9-16-37(41)49-43-36(47)27-48-46(52-43)50-38-25-30(3)34(26-40(38)60-4)32-20-23-53(24-21-32)22-11-7-5-6-8-13-31-14-12-15-33-35(31)28-54(45(33)57)39-18-19-42(55)51-44(39)56/h9-10,12,14-17,25-27,29,32,39H,5-7,11,18-24,28H2,1-4H3,(H,51,55,56)(H2,48,49,50,52). The number of nitrogens with zero attached hydrogens (tertiary/aromatic N) is 4. The predicted octanol–water partition coefficient (Wildman–Crippen LogP) is 7.67. The van der Waals surface area contributed by atoms with Crippen LogP contribution in [0.1, 0.15) is 104 Å². The highest BCUT2D eigenvalue weighted by molar-refractivity contribution is 7.92. The molecule has 0 aliphatic carbocycles. The summed E-state index contributed by atoms with van der Waals surface area (Å²) in [5, 5.41) is 8.38. The van der Waals surface area contributed by atoms with Gasteiger partial charge in [0.25, 0.3) is 5.91 Å². The summed E-state index contributed by atoms with van der Waals surface area (Å²) in [6, 6.07) is 15.8. The highest BCUT2D eigenvalue weighted by Crippen LogP contribution is 2.38. The lowest BCUT2D eigenvalue weighted by Crippen LogP contribution is -2.52. The Hall–Kier alpha value is -5.49. The number of likely N-dealkylation sites (tertiary alicyclic amines) is 1. The number of halogens is 1. The number of fused-ring (bicyclic) bond motifs is 1. The van der Waals surface area contributed by atoms with Gasteiger partial charge in [0.2, 0.25) is 17.8 Å². The van der Waals surface area contributed by atoms with Crippen molar-refractivity contribution in [2.45, 2.75) is 101 Å². The number of amides is 3. The van der Waals surface area contributed by atoms with E-state index in [4.69, 9.17) is 16.3 Å². The number of imide groups is 1. The van der Waals surface area contributed by atoms with Crippen molar-refractivity contribution < 1.29 is 27.5 Å². The van der Waals surface area contributed by atoms with E-state index in [1.54, 1.807) is 56.2 Å². The molecule has 2 fully saturated rings. The van der Waals surface area contributed by atoms with Crippen LogP contribution in [0.2, 0.25) is 5.02 Å². The lowest BCUT2D eigenvalue weighted by Gasteiger charge is -2.33. The van der Waals surface area contributed by atoms with E-state index < -0.39 is 27.0 Å². The maximum Gasteiger partial charge on any atom is 0.255 e. The fourth-order valence-electron chi connectivity index (χ4n) is 8.30. The number of carbonyl (C=O) groups excluding carboxylic acids is 3. The minimum atomic E-state index is -3.56. The van der Waals surface area contributed by atoms with Crippen molar-refractivity contribution in [3.63, 3.8) is 0 Å². The molecular weight excluding hydrogens is 814 g/mol. The Morgan fingerprint density at radius 3 is 2.52 bits per heavy atom. The zero-order chi connectivity index (χ0) is 43.3. The number of unbranched alkanes of at least 4 members (excludes halogenated alkanes) is 3.